The van der Waals surface area contributed by atoms with Gasteiger partial charge in [0, 0.05) is 23.5 Å². The minimum atomic E-state index is -0.201. The van der Waals surface area contributed by atoms with Crippen molar-refractivity contribution in [3.63, 3.8) is 0 Å². The van der Waals surface area contributed by atoms with Gasteiger partial charge in [0.05, 0.1) is 0 Å². The summed E-state index contributed by atoms with van der Waals surface area (Å²) in [5.41, 5.74) is 4.54. The van der Waals surface area contributed by atoms with E-state index in [2.05, 4.69) is 35.7 Å². The molecule has 0 fully saturated rings. The van der Waals surface area contributed by atoms with Crippen LogP contribution >= 0.6 is 0 Å². The number of halogens is 1. The van der Waals surface area contributed by atoms with Crippen LogP contribution in [-0.2, 0) is 0 Å². The van der Waals surface area contributed by atoms with Crippen molar-refractivity contribution < 1.29 is 4.39 Å². The normalized spacial score (nSPS) is 10.9. The third-order valence-electron chi connectivity index (χ3n) is 2.93. The number of aryl methyl sites for hydroxylation is 1. The summed E-state index contributed by atoms with van der Waals surface area (Å²) in [6.45, 7) is 2.07. The van der Waals surface area contributed by atoms with Crippen LogP contribution in [0.5, 0.6) is 0 Å². The summed E-state index contributed by atoms with van der Waals surface area (Å²) in [7, 11) is 0. The molecule has 0 unspecified atom stereocenters. The van der Waals surface area contributed by atoms with Gasteiger partial charge in [-0.1, -0.05) is 12.1 Å². The minimum absolute atomic E-state index is 0.201. The summed E-state index contributed by atoms with van der Waals surface area (Å²) >= 11 is 0. The Bertz CT molecular complexity index is 665. The lowest BCUT2D eigenvalue weighted by Crippen LogP contribution is -1.80. The quantitative estimate of drug-likeness (QED) is 0.588. The average Bonchev–Trinajstić information content (AvgIpc) is 2.72. The fourth-order valence-corrected chi connectivity index (χ4v) is 2.02. The zero-order valence-corrected chi connectivity index (χ0v) is 9.52. The van der Waals surface area contributed by atoms with E-state index in [1.54, 1.807) is 12.1 Å². The molecule has 0 atom stereocenters. The first-order valence-corrected chi connectivity index (χ1v) is 5.57. The Morgan fingerprint density at radius 3 is 2.47 bits per heavy atom. The van der Waals surface area contributed by atoms with E-state index in [4.69, 9.17) is 0 Å². The highest BCUT2D eigenvalue weighted by molar-refractivity contribution is 5.70. The van der Waals surface area contributed by atoms with E-state index in [1.807, 2.05) is 6.20 Å². The van der Waals surface area contributed by atoms with Gasteiger partial charge in [0.2, 0.25) is 0 Å². The van der Waals surface area contributed by atoms with Crippen molar-refractivity contribution in [3.8, 4) is 11.1 Å². The number of pyridine rings is 1. The lowest BCUT2D eigenvalue weighted by atomic mass is 10.1. The minimum Gasteiger partial charge on any atom is -0.323 e. The smallest absolute Gasteiger partial charge is 0.123 e. The molecule has 2 heteroatoms. The van der Waals surface area contributed by atoms with Gasteiger partial charge in [0.25, 0.3) is 0 Å². The van der Waals surface area contributed by atoms with Crippen molar-refractivity contribution in [1.29, 1.82) is 0 Å². The molecule has 0 aliphatic heterocycles. The number of hydrogen-bond donors (Lipinski definition) is 0. The molecule has 0 N–H and O–H groups in total. The van der Waals surface area contributed by atoms with Crippen LogP contribution in [0.3, 0.4) is 0 Å². The first-order chi connectivity index (χ1) is 8.22. The molecule has 0 saturated heterocycles. The summed E-state index contributed by atoms with van der Waals surface area (Å²) in [5.74, 6) is -0.201. The van der Waals surface area contributed by atoms with E-state index in [9.17, 15) is 4.39 Å². The van der Waals surface area contributed by atoms with Crippen molar-refractivity contribution in [1.82, 2.24) is 4.40 Å². The van der Waals surface area contributed by atoms with Crippen molar-refractivity contribution in [2.75, 3.05) is 0 Å². The predicted molar refractivity (Wildman–Crippen MR) is 67.5 cm³/mol. The number of benzene rings is 1. The summed E-state index contributed by atoms with van der Waals surface area (Å²) in [6, 6.07) is 12.9. The van der Waals surface area contributed by atoms with Crippen LogP contribution in [0, 0.1) is 12.7 Å². The molecule has 17 heavy (non-hydrogen) atoms. The maximum Gasteiger partial charge on any atom is 0.123 e. The fourth-order valence-electron chi connectivity index (χ4n) is 2.02. The highest BCUT2D eigenvalue weighted by atomic mass is 19.1. The molecule has 0 aliphatic carbocycles. The zero-order valence-electron chi connectivity index (χ0n) is 9.52. The summed E-state index contributed by atoms with van der Waals surface area (Å²) in [4.78, 5) is 0. The molecule has 0 spiro atoms. The zero-order chi connectivity index (χ0) is 11.8. The van der Waals surface area contributed by atoms with Gasteiger partial charge in [-0.3, -0.25) is 0 Å². The number of nitrogens with zero attached hydrogens (tertiary/aromatic N) is 1. The molecule has 0 aliphatic rings. The van der Waals surface area contributed by atoms with Crippen LogP contribution in [0.1, 0.15) is 5.56 Å². The van der Waals surface area contributed by atoms with Gasteiger partial charge in [-0.15, -0.1) is 0 Å². The SMILES string of the molecule is Cc1ccn2cc(-c3ccc(F)cc3)cc2c1. The number of fused-ring (bicyclic) bond motifs is 1. The topological polar surface area (TPSA) is 4.41 Å². The standard InChI is InChI=1S/C15H12FN/c1-11-6-7-17-10-13(9-15(17)8-11)12-2-4-14(16)5-3-12/h2-10H,1H3. The van der Waals surface area contributed by atoms with Crippen molar-refractivity contribution in [2.45, 2.75) is 6.92 Å². The first kappa shape index (κ1) is 10.1. The molecule has 0 amide bonds. The molecular weight excluding hydrogens is 213 g/mol. The predicted octanol–water partition coefficient (Wildman–Crippen LogP) is 4.05. The van der Waals surface area contributed by atoms with E-state index in [-0.39, 0.29) is 5.82 Å². The van der Waals surface area contributed by atoms with Gasteiger partial charge in [-0.05, 0) is 48.4 Å². The Morgan fingerprint density at radius 1 is 0.941 bits per heavy atom. The summed E-state index contributed by atoms with van der Waals surface area (Å²) in [6.07, 6.45) is 4.10. The Labute approximate surface area is 99.1 Å². The lowest BCUT2D eigenvalue weighted by Gasteiger charge is -1.95. The Hall–Kier alpha value is -2.09. The fraction of sp³-hybridized carbons (Fsp3) is 0.0667. The molecule has 2 aromatic heterocycles. The maximum atomic E-state index is 12.9. The molecule has 3 aromatic rings. The largest absolute Gasteiger partial charge is 0.323 e. The van der Waals surface area contributed by atoms with Crippen LogP contribution in [0.15, 0.2) is 54.9 Å². The third-order valence-corrected chi connectivity index (χ3v) is 2.93. The van der Waals surface area contributed by atoms with Crippen LogP contribution in [0.2, 0.25) is 0 Å². The highest BCUT2D eigenvalue weighted by Gasteiger charge is 2.02. The van der Waals surface area contributed by atoms with Gasteiger partial charge in [-0.25, -0.2) is 4.39 Å². The van der Waals surface area contributed by atoms with Crippen molar-refractivity contribution in [3.05, 3.63) is 66.2 Å². The van der Waals surface area contributed by atoms with Crippen LogP contribution in [0.4, 0.5) is 4.39 Å². The Balaban J connectivity index is 2.14. The first-order valence-electron chi connectivity index (χ1n) is 5.57. The van der Waals surface area contributed by atoms with Gasteiger partial charge < -0.3 is 4.40 Å². The van der Waals surface area contributed by atoms with Gasteiger partial charge >= 0.3 is 0 Å². The molecule has 3 rings (SSSR count). The summed E-state index contributed by atoms with van der Waals surface area (Å²) < 4.78 is 14.9. The molecule has 1 aromatic carbocycles. The Morgan fingerprint density at radius 2 is 1.71 bits per heavy atom. The molecular formula is C15H12FN. The molecule has 0 bridgehead atoms. The number of rotatable bonds is 1. The summed E-state index contributed by atoms with van der Waals surface area (Å²) in [5, 5.41) is 0. The second-order valence-corrected chi connectivity index (χ2v) is 4.27. The van der Waals surface area contributed by atoms with Crippen LogP contribution < -0.4 is 0 Å². The van der Waals surface area contributed by atoms with Gasteiger partial charge in [-0.2, -0.15) is 0 Å². The van der Waals surface area contributed by atoms with E-state index in [1.165, 1.54) is 17.7 Å². The molecule has 0 saturated carbocycles. The lowest BCUT2D eigenvalue weighted by molar-refractivity contribution is 0.628. The second-order valence-electron chi connectivity index (χ2n) is 4.27. The molecule has 1 nitrogen and oxygen atoms in total. The number of hydrogen-bond acceptors (Lipinski definition) is 0. The van der Waals surface area contributed by atoms with E-state index in [0.29, 0.717) is 0 Å². The van der Waals surface area contributed by atoms with E-state index >= 15 is 0 Å². The molecule has 84 valence electrons. The second kappa shape index (κ2) is 3.74. The average molecular weight is 225 g/mol. The molecule has 2 heterocycles. The van der Waals surface area contributed by atoms with Crippen LogP contribution in [0.25, 0.3) is 16.6 Å². The maximum absolute atomic E-state index is 12.9. The third kappa shape index (κ3) is 1.82. The highest BCUT2D eigenvalue weighted by Crippen LogP contribution is 2.23. The van der Waals surface area contributed by atoms with Crippen molar-refractivity contribution in [2.24, 2.45) is 0 Å². The monoisotopic (exact) mass is 225 g/mol. The van der Waals surface area contributed by atoms with E-state index in [0.717, 1.165) is 16.6 Å². The molecule has 0 radical (unpaired) electrons. The van der Waals surface area contributed by atoms with Crippen LogP contribution in [-0.4, -0.2) is 4.40 Å². The number of aromatic nitrogens is 1. The van der Waals surface area contributed by atoms with Crippen molar-refractivity contribution >= 4 is 5.52 Å². The Kier molecular flexibility index (Phi) is 2.22. The van der Waals surface area contributed by atoms with E-state index < -0.39 is 0 Å². The van der Waals surface area contributed by atoms with Gasteiger partial charge in [0.15, 0.2) is 0 Å². The van der Waals surface area contributed by atoms with Gasteiger partial charge in [0.1, 0.15) is 5.82 Å².